The Labute approximate surface area is 258 Å². The lowest BCUT2D eigenvalue weighted by atomic mass is 9.87. The maximum atomic E-state index is 14.2. The van der Waals surface area contributed by atoms with Gasteiger partial charge < -0.3 is 4.43 Å². The van der Waals surface area contributed by atoms with Gasteiger partial charge in [-0.1, -0.05) is 127 Å². The topological polar surface area (TPSA) is 39.2 Å². The molecule has 0 aliphatic carbocycles. The summed E-state index contributed by atoms with van der Waals surface area (Å²) >= 11 is 0. The number of pyridine rings is 1. The largest absolute Gasteiger partial charge is 0.403 e. The van der Waals surface area contributed by atoms with Crippen LogP contribution >= 0.6 is 0 Å². The summed E-state index contributed by atoms with van der Waals surface area (Å²) in [6.07, 6.45) is 3.80. The number of ketones is 1. The molecule has 1 heterocycles. The van der Waals surface area contributed by atoms with Gasteiger partial charge in [0.1, 0.15) is 11.5 Å². The zero-order chi connectivity index (χ0) is 31.2. The van der Waals surface area contributed by atoms with Gasteiger partial charge in [0.05, 0.1) is 6.61 Å². The van der Waals surface area contributed by atoms with Gasteiger partial charge in [-0.05, 0) is 63.0 Å². The van der Waals surface area contributed by atoms with Gasteiger partial charge in [0, 0.05) is 18.2 Å². The van der Waals surface area contributed by atoms with Gasteiger partial charge in [-0.25, -0.2) is 9.37 Å². The Bertz CT molecular complexity index is 1470. The first-order valence-electron chi connectivity index (χ1n) is 15.6. The van der Waals surface area contributed by atoms with Crippen molar-refractivity contribution in [2.45, 2.75) is 91.7 Å². The maximum absolute atomic E-state index is 14.2. The highest BCUT2D eigenvalue weighted by Gasteiger charge is 2.50. The van der Waals surface area contributed by atoms with E-state index in [4.69, 9.17) is 9.41 Å². The average molecular weight is 596 g/mol. The molecule has 5 heteroatoms. The first-order valence-corrected chi connectivity index (χ1v) is 17.5. The molecule has 226 valence electrons. The van der Waals surface area contributed by atoms with E-state index in [1.165, 1.54) is 22.5 Å². The van der Waals surface area contributed by atoms with E-state index < -0.39 is 8.32 Å². The summed E-state index contributed by atoms with van der Waals surface area (Å²) < 4.78 is 21.6. The number of halogens is 1. The second-order valence-corrected chi connectivity index (χ2v) is 17.1. The Morgan fingerprint density at radius 1 is 0.860 bits per heavy atom. The molecule has 43 heavy (non-hydrogen) atoms. The fourth-order valence-corrected chi connectivity index (χ4v) is 10.8. The van der Waals surface area contributed by atoms with E-state index in [-0.39, 0.29) is 22.6 Å². The lowest BCUT2D eigenvalue weighted by Crippen LogP contribution is -2.66. The van der Waals surface area contributed by atoms with E-state index in [0.29, 0.717) is 12.3 Å². The van der Waals surface area contributed by atoms with Crippen molar-refractivity contribution in [1.82, 2.24) is 4.98 Å². The monoisotopic (exact) mass is 595 g/mol. The second-order valence-electron chi connectivity index (χ2n) is 12.8. The van der Waals surface area contributed by atoms with Gasteiger partial charge in [-0.2, -0.15) is 0 Å². The number of carbonyl (C=O) groups excluding carboxylic acids is 1. The van der Waals surface area contributed by atoms with Crippen molar-refractivity contribution in [3.8, 4) is 11.1 Å². The highest BCUT2D eigenvalue weighted by Crippen LogP contribution is 2.40. The third kappa shape index (κ3) is 6.89. The van der Waals surface area contributed by atoms with Crippen LogP contribution in [0.25, 0.3) is 11.1 Å². The molecule has 0 aliphatic rings. The fourth-order valence-electron chi connectivity index (χ4n) is 6.30. The van der Waals surface area contributed by atoms with Crippen molar-refractivity contribution in [3.63, 3.8) is 0 Å². The number of rotatable bonds is 12. The van der Waals surface area contributed by atoms with Gasteiger partial charge in [0.2, 0.25) is 0 Å². The number of carbonyl (C=O) groups is 1. The van der Waals surface area contributed by atoms with Crippen LogP contribution in [0.1, 0.15) is 101 Å². The van der Waals surface area contributed by atoms with Crippen LogP contribution in [0.2, 0.25) is 5.04 Å². The molecule has 0 unspecified atom stereocenters. The Morgan fingerprint density at radius 3 is 1.88 bits per heavy atom. The number of Topliss-reactive ketones (excluding diaryl/α,β-unsaturated/α-hetero) is 1. The zero-order valence-electron chi connectivity index (χ0n) is 26.8. The molecule has 0 N–H and O–H groups in total. The number of hydrogen-bond donors (Lipinski definition) is 0. The van der Waals surface area contributed by atoms with Gasteiger partial charge in [0.25, 0.3) is 8.32 Å². The van der Waals surface area contributed by atoms with Crippen molar-refractivity contribution in [1.29, 1.82) is 0 Å². The van der Waals surface area contributed by atoms with Crippen molar-refractivity contribution in [2.24, 2.45) is 0 Å². The van der Waals surface area contributed by atoms with Gasteiger partial charge in [0.15, 0.2) is 5.78 Å². The molecule has 0 atom stereocenters. The fraction of sp³-hybridized carbons (Fsp3) is 0.368. The van der Waals surface area contributed by atoms with Crippen LogP contribution in [0.3, 0.4) is 0 Å². The smallest absolute Gasteiger partial charge is 0.261 e. The molecule has 3 nitrogen and oxygen atoms in total. The first kappa shape index (κ1) is 32.5. The molecule has 0 aliphatic heterocycles. The predicted molar refractivity (Wildman–Crippen MR) is 179 cm³/mol. The van der Waals surface area contributed by atoms with Crippen LogP contribution in [0.4, 0.5) is 4.39 Å². The third-order valence-electron chi connectivity index (χ3n) is 8.32. The highest BCUT2D eigenvalue weighted by molar-refractivity contribution is 6.99. The van der Waals surface area contributed by atoms with Crippen LogP contribution in [0, 0.1) is 5.82 Å². The lowest BCUT2D eigenvalue weighted by molar-refractivity contribution is 0.101. The summed E-state index contributed by atoms with van der Waals surface area (Å²) in [5.41, 5.74) is 5.18. The van der Waals surface area contributed by atoms with Crippen LogP contribution < -0.4 is 10.4 Å². The molecule has 1 aromatic heterocycles. The Kier molecular flexibility index (Phi) is 10.5. The number of aromatic nitrogens is 1. The minimum absolute atomic E-state index is 0.0452. The highest BCUT2D eigenvalue weighted by atomic mass is 28.4. The van der Waals surface area contributed by atoms with E-state index >= 15 is 0 Å². The van der Waals surface area contributed by atoms with Gasteiger partial charge >= 0.3 is 0 Å². The molecule has 0 fully saturated rings. The van der Waals surface area contributed by atoms with Crippen molar-refractivity contribution < 1.29 is 13.6 Å². The Balaban J connectivity index is 2.02. The molecule has 0 bridgehead atoms. The van der Waals surface area contributed by atoms with Crippen LogP contribution in [-0.4, -0.2) is 19.1 Å². The summed E-state index contributed by atoms with van der Waals surface area (Å²) in [5.74, 6) is -0.276. The number of benzene rings is 3. The Morgan fingerprint density at radius 2 is 1.42 bits per heavy atom. The summed E-state index contributed by atoms with van der Waals surface area (Å²) in [5, 5.41) is 2.22. The molecule has 3 aromatic carbocycles. The van der Waals surface area contributed by atoms with Crippen molar-refractivity contribution in [2.75, 3.05) is 0 Å². The van der Waals surface area contributed by atoms with Crippen molar-refractivity contribution >= 4 is 24.5 Å². The molecular weight excluding hydrogens is 550 g/mol. The molecule has 0 radical (unpaired) electrons. The van der Waals surface area contributed by atoms with Crippen LogP contribution in [-0.2, 0) is 17.5 Å². The molecular formula is C38H46FNO2Si. The molecule has 0 saturated carbocycles. The maximum Gasteiger partial charge on any atom is 0.261 e. The van der Waals surface area contributed by atoms with Gasteiger partial charge in [-0.3, -0.25) is 4.79 Å². The minimum Gasteiger partial charge on any atom is -0.403 e. The number of hydrogen-bond acceptors (Lipinski definition) is 3. The van der Waals surface area contributed by atoms with E-state index in [0.717, 1.165) is 53.6 Å². The zero-order valence-corrected chi connectivity index (χ0v) is 27.8. The standard InChI is InChI=1S/C38H46FNO2Si/c1-8-9-12-21-33-35(29-22-24-30(39)25-23-29)34(36(27(2)3)40-37(33)28(4)41)26-42-43(38(5,6)7,31-17-13-10-14-18-31)32-19-15-11-16-20-32/h10-11,13-20,22-25,27H,8-9,12,21,26H2,1-7H3. The summed E-state index contributed by atoms with van der Waals surface area (Å²) in [6, 6.07) is 27.9. The minimum atomic E-state index is -2.86. The molecule has 0 saturated heterocycles. The average Bonchev–Trinajstić information content (AvgIpc) is 2.98. The third-order valence-corrected chi connectivity index (χ3v) is 13.3. The lowest BCUT2D eigenvalue weighted by Gasteiger charge is -2.43. The van der Waals surface area contributed by atoms with E-state index in [2.05, 4.69) is 90.1 Å². The number of unbranched alkanes of at least 4 members (excludes halogenated alkanes) is 2. The van der Waals surface area contributed by atoms with Gasteiger partial charge in [-0.15, -0.1) is 0 Å². The quantitative estimate of drug-likeness (QED) is 0.0932. The normalized spacial score (nSPS) is 12.1. The van der Waals surface area contributed by atoms with Crippen LogP contribution in [0.5, 0.6) is 0 Å². The molecule has 0 spiro atoms. The molecule has 0 amide bonds. The summed E-state index contributed by atoms with van der Waals surface area (Å²) in [7, 11) is -2.86. The molecule has 4 rings (SSSR count). The van der Waals surface area contributed by atoms with Crippen LogP contribution in [0.15, 0.2) is 84.9 Å². The first-order chi connectivity index (χ1) is 20.5. The second kappa shape index (κ2) is 13.9. The van der Waals surface area contributed by atoms with Crippen molar-refractivity contribution in [3.05, 3.63) is 113 Å². The predicted octanol–water partition coefficient (Wildman–Crippen LogP) is 9.02. The summed E-state index contributed by atoms with van der Waals surface area (Å²) in [4.78, 5) is 18.2. The number of nitrogens with zero attached hydrogens (tertiary/aromatic N) is 1. The summed E-state index contributed by atoms with van der Waals surface area (Å²) in [6.45, 7) is 15.2. The van der Waals surface area contributed by atoms with E-state index in [1.807, 2.05) is 24.3 Å². The molecule has 4 aromatic rings. The van der Waals surface area contributed by atoms with E-state index in [9.17, 15) is 9.18 Å². The SMILES string of the molecule is CCCCCc1c(C(C)=O)nc(C(C)C)c(CO[Si](c2ccccc2)(c2ccccc2)C(C)(C)C)c1-c1ccc(F)cc1. The van der Waals surface area contributed by atoms with E-state index in [1.54, 1.807) is 6.92 Å². The Hall–Kier alpha value is -3.41.